The molecule has 0 spiro atoms. The summed E-state index contributed by atoms with van der Waals surface area (Å²) < 4.78 is 5.05. The number of benzene rings is 3. The maximum absolute atomic E-state index is 11.3. The molecule has 0 fully saturated rings. The first-order valence-corrected chi connectivity index (χ1v) is 8.56. The van der Waals surface area contributed by atoms with E-state index in [1.54, 1.807) is 24.4 Å². The van der Waals surface area contributed by atoms with E-state index in [4.69, 9.17) is 4.74 Å². The molecular weight excluding hydrogens is 356 g/mol. The molecule has 0 amide bonds. The molecule has 0 aliphatic heterocycles. The van der Waals surface area contributed by atoms with Crippen molar-refractivity contribution in [2.24, 2.45) is 0 Å². The molecule has 0 saturated heterocycles. The fraction of sp³-hybridized carbons (Fsp3) is 0.0476. The predicted octanol–water partition coefficient (Wildman–Crippen LogP) is 4.96. The van der Waals surface area contributed by atoms with Crippen LogP contribution in [-0.4, -0.2) is 22.0 Å². The average Bonchev–Trinajstić information content (AvgIpc) is 2.73. The van der Waals surface area contributed by atoms with Crippen molar-refractivity contribution in [3.63, 3.8) is 0 Å². The van der Waals surface area contributed by atoms with Gasteiger partial charge in [0.1, 0.15) is 0 Å². The monoisotopic (exact) mass is 372 g/mol. The lowest BCUT2D eigenvalue weighted by Crippen LogP contribution is -1.99. The second kappa shape index (κ2) is 7.32. The molecule has 7 nitrogen and oxygen atoms in total. The molecule has 0 radical (unpaired) electrons. The number of nitrogens with zero attached hydrogens (tertiary/aromatic N) is 3. The number of fused-ring (bicyclic) bond motifs is 1. The first kappa shape index (κ1) is 17.4. The van der Waals surface area contributed by atoms with Gasteiger partial charge in [-0.05, 0) is 41.1 Å². The first-order chi connectivity index (χ1) is 13.6. The summed E-state index contributed by atoms with van der Waals surface area (Å²) in [5, 5.41) is 16.7. The molecule has 4 rings (SSSR count). The van der Waals surface area contributed by atoms with Gasteiger partial charge in [-0.2, -0.15) is 0 Å². The van der Waals surface area contributed by atoms with Crippen molar-refractivity contribution in [3.05, 3.63) is 83.0 Å². The van der Waals surface area contributed by atoms with Crippen molar-refractivity contribution < 1.29 is 9.66 Å². The number of hydrogen-bond donors (Lipinski definition) is 1. The minimum atomic E-state index is -0.474. The summed E-state index contributed by atoms with van der Waals surface area (Å²) in [6, 6.07) is 20.5. The minimum absolute atomic E-state index is 0.109. The molecule has 138 valence electrons. The number of rotatable bonds is 5. The van der Waals surface area contributed by atoms with Crippen molar-refractivity contribution in [1.29, 1.82) is 0 Å². The number of nitrogens with one attached hydrogen (secondary N) is 1. The molecule has 28 heavy (non-hydrogen) atoms. The highest BCUT2D eigenvalue weighted by Gasteiger charge is 2.16. The third-order valence-electron chi connectivity index (χ3n) is 4.33. The van der Waals surface area contributed by atoms with E-state index < -0.39 is 4.92 Å². The van der Waals surface area contributed by atoms with E-state index in [2.05, 4.69) is 15.3 Å². The molecule has 1 aromatic heterocycles. The van der Waals surface area contributed by atoms with Crippen LogP contribution < -0.4 is 10.1 Å². The Kier molecular flexibility index (Phi) is 4.55. The van der Waals surface area contributed by atoms with Crippen LogP contribution in [0, 0.1) is 10.1 Å². The molecule has 4 aromatic rings. The molecule has 0 unspecified atom stereocenters. The van der Waals surface area contributed by atoms with Crippen LogP contribution in [0.15, 0.2) is 72.9 Å². The normalized spacial score (nSPS) is 10.6. The maximum atomic E-state index is 11.3. The predicted molar refractivity (Wildman–Crippen MR) is 108 cm³/mol. The second-order valence-corrected chi connectivity index (χ2v) is 6.10. The zero-order valence-electron chi connectivity index (χ0n) is 15.0. The number of ether oxygens (including phenoxy) is 1. The SMILES string of the molecule is COc1ccc(-c2ccnc(Nc3ccc4ccccc4c3)n2)cc1[N+](=O)[O-]. The Morgan fingerprint density at radius 2 is 1.82 bits per heavy atom. The largest absolute Gasteiger partial charge is 0.490 e. The number of anilines is 2. The summed E-state index contributed by atoms with van der Waals surface area (Å²) in [7, 11) is 1.40. The van der Waals surface area contributed by atoms with Crippen LogP contribution >= 0.6 is 0 Å². The Balaban J connectivity index is 1.66. The van der Waals surface area contributed by atoms with Gasteiger partial charge in [0.25, 0.3) is 0 Å². The van der Waals surface area contributed by atoms with Gasteiger partial charge in [0, 0.05) is 23.5 Å². The van der Waals surface area contributed by atoms with Gasteiger partial charge in [-0.15, -0.1) is 0 Å². The van der Waals surface area contributed by atoms with Gasteiger partial charge < -0.3 is 10.1 Å². The average molecular weight is 372 g/mol. The van der Waals surface area contributed by atoms with E-state index in [9.17, 15) is 10.1 Å². The van der Waals surface area contributed by atoms with Crippen LogP contribution in [0.3, 0.4) is 0 Å². The van der Waals surface area contributed by atoms with Gasteiger partial charge in [-0.1, -0.05) is 30.3 Å². The van der Waals surface area contributed by atoms with E-state index in [0.29, 0.717) is 17.2 Å². The van der Waals surface area contributed by atoms with Crippen molar-refractivity contribution in [1.82, 2.24) is 9.97 Å². The summed E-state index contributed by atoms with van der Waals surface area (Å²) in [5.74, 6) is 0.614. The highest BCUT2D eigenvalue weighted by Crippen LogP contribution is 2.31. The molecule has 7 heteroatoms. The number of hydrogen-bond acceptors (Lipinski definition) is 6. The zero-order chi connectivity index (χ0) is 19.5. The van der Waals surface area contributed by atoms with Crippen LogP contribution in [0.1, 0.15) is 0 Å². The Labute approximate surface area is 160 Å². The fourth-order valence-electron chi connectivity index (χ4n) is 2.97. The third-order valence-corrected chi connectivity index (χ3v) is 4.33. The van der Waals surface area contributed by atoms with Crippen molar-refractivity contribution in [2.45, 2.75) is 0 Å². The molecule has 0 aliphatic rings. The van der Waals surface area contributed by atoms with Crippen molar-refractivity contribution >= 4 is 28.1 Å². The van der Waals surface area contributed by atoms with Gasteiger partial charge in [0.15, 0.2) is 5.75 Å². The molecule has 1 heterocycles. The fourth-order valence-corrected chi connectivity index (χ4v) is 2.97. The number of nitro groups is 1. The third kappa shape index (κ3) is 3.45. The van der Waals surface area contributed by atoms with Crippen LogP contribution in [0.5, 0.6) is 5.75 Å². The van der Waals surface area contributed by atoms with E-state index >= 15 is 0 Å². The summed E-state index contributed by atoms with van der Waals surface area (Å²) in [4.78, 5) is 19.5. The molecule has 0 bridgehead atoms. The van der Waals surface area contributed by atoms with Gasteiger partial charge in [0.05, 0.1) is 17.7 Å². The van der Waals surface area contributed by atoms with Crippen LogP contribution in [0.25, 0.3) is 22.0 Å². The topological polar surface area (TPSA) is 90.2 Å². The van der Waals surface area contributed by atoms with Crippen LogP contribution in [0.4, 0.5) is 17.3 Å². The maximum Gasteiger partial charge on any atom is 0.311 e. The highest BCUT2D eigenvalue weighted by atomic mass is 16.6. The standard InChI is InChI=1S/C21H16N4O3/c1-28-20-9-7-16(13-19(20)25(26)27)18-10-11-22-21(24-18)23-17-8-6-14-4-2-3-5-15(14)12-17/h2-13H,1H3,(H,22,23,24). The molecule has 3 aromatic carbocycles. The van der Waals surface area contributed by atoms with Gasteiger partial charge in [0.2, 0.25) is 5.95 Å². The quantitative estimate of drug-likeness (QED) is 0.393. The van der Waals surface area contributed by atoms with E-state index in [0.717, 1.165) is 16.5 Å². The zero-order valence-corrected chi connectivity index (χ0v) is 15.0. The number of methoxy groups -OCH3 is 1. The first-order valence-electron chi connectivity index (χ1n) is 8.56. The smallest absolute Gasteiger partial charge is 0.311 e. The second-order valence-electron chi connectivity index (χ2n) is 6.10. The van der Waals surface area contributed by atoms with Crippen LogP contribution in [0.2, 0.25) is 0 Å². The van der Waals surface area contributed by atoms with E-state index in [-0.39, 0.29) is 11.4 Å². The van der Waals surface area contributed by atoms with Gasteiger partial charge in [-0.25, -0.2) is 9.97 Å². The lowest BCUT2D eigenvalue weighted by molar-refractivity contribution is -0.385. The summed E-state index contributed by atoms with van der Waals surface area (Å²) in [5.41, 5.74) is 1.93. The Hall–Kier alpha value is -4.00. The van der Waals surface area contributed by atoms with Crippen molar-refractivity contribution in [3.8, 4) is 17.0 Å². The van der Waals surface area contributed by atoms with Crippen LogP contribution in [-0.2, 0) is 0 Å². The Morgan fingerprint density at radius 3 is 2.61 bits per heavy atom. The summed E-state index contributed by atoms with van der Waals surface area (Å²) in [6.45, 7) is 0. The molecule has 0 saturated carbocycles. The molecule has 0 atom stereocenters. The lowest BCUT2D eigenvalue weighted by Gasteiger charge is -2.08. The molecule has 1 N–H and O–H groups in total. The number of nitro benzene ring substituents is 1. The Bertz CT molecular complexity index is 1180. The Morgan fingerprint density at radius 1 is 1.00 bits per heavy atom. The highest BCUT2D eigenvalue weighted by molar-refractivity contribution is 5.86. The lowest BCUT2D eigenvalue weighted by atomic mass is 10.1. The summed E-state index contributed by atoms with van der Waals surface area (Å²) in [6.07, 6.45) is 1.61. The summed E-state index contributed by atoms with van der Waals surface area (Å²) >= 11 is 0. The molecule has 0 aliphatic carbocycles. The van der Waals surface area contributed by atoms with E-state index in [1.807, 2.05) is 42.5 Å². The molecular formula is C21H16N4O3. The van der Waals surface area contributed by atoms with Gasteiger partial charge >= 0.3 is 5.69 Å². The minimum Gasteiger partial charge on any atom is -0.490 e. The van der Waals surface area contributed by atoms with Crippen molar-refractivity contribution in [2.75, 3.05) is 12.4 Å². The van der Waals surface area contributed by atoms with E-state index in [1.165, 1.54) is 13.2 Å². The van der Waals surface area contributed by atoms with Gasteiger partial charge in [-0.3, -0.25) is 10.1 Å². The number of aromatic nitrogens is 2.